The standard InChI is InChI=1S/C19H23N5O2/c1-2-16-5-4-14(10-22-16)18(25)24-12-15-11-23(8-9-26-17(15)13-24)19-20-6-3-7-21-19/h3-7,10,15,17H,2,8-9,11-13H2,1H3/t15-,17+/m0/s1. The van der Waals surface area contributed by atoms with Crippen LogP contribution in [0.1, 0.15) is 23.0 Å². The molecule has 0 radical (unpaired) electrons. The molecule has 7 heteroatoms. The zero-order valence-corrected chi connectivity index (χ0v) is 14.9. The van der Waals surface area contributed by atoms with E-state index in [1.54, 1.807) is 18.6 Å². The molecule has 1 amide bonds. The molecule has 2 atom stereocenters. The van der Waals surface area contributed by atoms with Gasteiger partial charge in [0, 0.05) is 56.4 Å². The molecule has 0 aromatic carbocycles. The van der Waals surface area contributed by atoms with Crippen LogP contribution in [0.3, 0.4) is 0 Å². The van der Waals surface area contributed by atoms with Crippen molar-refractivity contribution in [1.29, 1.82) is 0 Å². The number of anilines is 1. The summed E-state index contributed by atoms with van der Waals surface area (Å²) in [6, 6.07) is 5.61. The number of ether oxygens (including phenoxy) is 1. The Morgan fingerprint density at radius 3 is 2.77 bits per heavy atom. The minimum Gasteiger partial charge on any atom is -0.374 e. The molecule has 0 aliphatic carbocycles. The Morgan fingerprint density at radius 1 is 1.19 bits per heavy atom. The van der Waals surface area contributed by atoms with Crippen LogP contribution in [0.4, 0.5) is 5.95 Å². The molecule has 0 saturated carbocycles. The Morgan fingerprint density at radius 2 is 2.04 bits per heavy atom. The van der Waals surface area contributed by atoms with E-state index in [1.165, 1.54) is 0 Å². The molecule has 26 heavy (non-hydrogen) atoms. The zero-order valence-electron chi connectivity index (χ0n) is 14.9. The molecule has 2 aliphatic rings. The second-order valence-corrected chi connectivity index (χ2v) is 6.77. The lowest BCUT2D eigenvalue weighted by Gasteiger charge is -2.23. The summed E-state index contributed by atoms with van der Waals surface area (Å²) in [5.74, 6) is 1.01. The lowest BCUT2D eigenvalue weighted by molar-refractivity contribution is 0.0498. The maximum atomic E-state index is 12.8. The highest BCUT2D eigenvalue weighted by Gasteiger charge is 2.39. The zero-order chi connectivity index (χ0) is 17.9. The number of hydrogen-bond acceptors (Lipinski definition) is 6. The van der Waals surface area contributed by atoms with E-state index in [1.807, 2.05) is 23.1 Å². The van der Waals surface area contributed by atoms with Gasteiger partial charge in [0.05, 0.1) is 18.3 Å². The minimum atomic E-state index is 0.0272. The van der Waals surface area contributed by atoms with E-state index in [2.05, 4.69) is 26.8 Å². The van der Waals surface area contributed by atoms with Crippen molar-refractivity contribution in [2.75, 3.05) is 37.7 Å². The first-order valence-electron chi connectivity index (χ1n) is 9.12. The Hall–Kier alpha value is -2.54. The third-order valence-corrected chi connectivity index (χ3v) is 5.09. The van der Waals surface area contributed by atoms with Crippen LogP contribution in [0.2, 0.25) is 0 Å². The molecule has 0 unspecified atom stereocenters. The maximum Gasteiger partial charge on any atom is 0.255 e. The molecule has 0 N–H and O–H groups in total. The first-order chi connectivity index (χ1) is 12.7. The fourth-order valence-electron chi connectivity index (χ4n) is 3.64. The van der Waals surface area contributed by atoms with E-state index in [-0.39, 0.29) is 17.9 Å². The SMILES string of the molecule is CCc1ccc(C(=O)N2C[C@@H]3CN(c4ncccn4)CCO[C@@H]3C2)cn1. The topological polar surface area (TPSA) is 71.5 Å². The number of aromatic nitrogens is 3. The smallest absolute Gasteiger partial charge is 0.255 e. The fraction of sp³-hybridized carbons (Fsp3) is 0.474. The molecule has 2 fully saturated rings. The van der Waals surface area contributed by atoms with Gasteiger partial charge >= 0.3 is 0 Å². The largest absolute Gasteiger partial charge is 0.374 e. The summed E-state index contributed by atoms with van der Waals surface area (Å²) < 4.78 is 6.02. The van der Waals surface area contributed by atoms with Crippen LogP contribution < -0.4 is 4.90 Å². The molecule has 2 aromatic rings. The van der Waals surface area contributed by atoms with Crippen LogP contribution in [-0.2, 0) is 11.2 Å². The van der Waals surface area contributed by atoms with Crippen molar-refractivity contribution in [2.45, 2.75) is 19.4 Å². The second kappa shape index (κ2) is 7.37. The highest BCUT2D eigenvalue weighted by Crippen LogP contribution is 2.26. The second-order valence-electron chi connectivity index (χ2n) is 6.77. The Labute approximate surface area is 153 Å². The molecule has 7 nitrogen and oxygen atoms in total. The highest BCUT2D eigenvalue weighted by molar-refractivity contribution is 5.94. The number of hydrogen-bond donors (Lipinski definition) is 0. The molecule has 136 valence electrons. The molecule has 0 spiro atoms. The predicted molar refractivity (Wildman–Crippen MR) is 97.0 cm³/mol. The van der Waals surface area contributed by atoms with E-state index >= 15 is 0 Å². The summed E-state index contributed by atoms with van der Waals surface area (Å²) in [6.45, 7) is 5.55. The lowest BCUT2D eigenvalue weighted by atomic mass is 10.1. The summed E-state index contributed by atoms with van der Waals surface area (Å²) in [7, 11) is 0. The van der Waals surface area contributed by atoms with Crippen LogP contribution >= 0.6 is 0 Å². The third-order valence-electron chi connectivity index (χ3n) is 5.09. The van der Waals surface area contributed by atoms with Crippen LogP contribution in [-0.4, -0.2) is 64.6 Å². The molecule has 2 saturated heterocycles. The van der Waals surface area contributed by atoms with Crippen LogP contribution in [0, 0.1) is 5.92 Å². The number of likely N-dealkylation sites (tertiary alicyclic amines) is 1. The van der Waals surface area contributed by atoms with Gasteiger partial charge in [-0.2, -0.15) is 0 Å². The quantitative estimate of drug-likeness (QED) is 0.831. The number of amides is 1. The minimum absolute atomic E-state index is 0.0272. The van der Waals surface area contributed by atoms with Gasteiger partial charge in [0.1, 0.15) is 0 Å². The summed E-state index contributed by atoms with van der Waals surface area (Å²) in [4.78, 5) is 29.9. The number of pyridine rings is 1. The van der Waals surface area contributed by atoms with E-state index < -0.39 is 0 Å². The first-order valence-corrected chi connectivity index (χ1v) is 9.12. The average molecular weight is 353 g/mol. The van der Waals surface area contributed by atoms with Gasteiger partial charge in [-0.05, 0) is 24.6 Å². The monoisotopic (exact) mass is 353 g/mol. The number of carbonyl (C=O) groups is 1. The number of aryl methyl sites for hydroxylation is 1. The van der Waals surface area contributed by atoms with E-state index in [9.17, 15) is 4.79 Å². The molecule has 0 bridgehead atoms. The molecular formula is C19H23N5O2. The van der Waals surface area contributed by atoms with Crippen molar-refractivity contribution < 1.29 is 9.53 Å². The van der Waals surface area contributed by atoms with Gasteiger partial charge in [-0.15, -0.1) is 0 Å². The number of nitrogens with zero attached hydrogens (tertiary/aromatic N) is 5. The van der Waals surface area contributed by atoms with Gasteiger partial charge in [0.25, 0.3) is 5.91 Å². The summed E-state index contributed by atoms with van der Waals surface area (Å²) >= 11 is 0. The third kappa shape index (κ3) is 3.39. The average Bonchev–Trinajstić information content (AvgIpc) is 2.99. The van der Waals surface area contributed by atoms with E-state index in [0.29, 0.717) is 25.3 Å². The number of carbonyl (C=O) groups excluding carboxylic acids is 1. The van der Waals surface area contributed by atoms with E-state index in [0.717, 1.165) is 31.2 Å². The fourth-order valence-corrected chi connectivity index (χ4v) is 3.64. The molecule has 4 heterocycles. The van der Waals surface area contributed by atoms with Gasteiger partial charge in [-0.25, -0.2) is 9.97 Å². The Kier molecular flexibility index (Phi) is 4.79. The first kappa shape index (κ1) is 16.9. The number of fused-ring (bicyclic) bond motifs is 1. The van der Waals surface area contributed by atoms with Crippen molar-refractivity contribution in [3.05, 3.63) is 48.0 Å². The lowest BCUT2D eigenvalue weighted by Crippen LogP contribution is -2.34. The summed E-state index contributed by atoms with van der Waals surface area (Å²) in [6.07, 6.45) is 6.12. The Balaban J connectivity index is 1.45. The molecule has 2 aliphatic heterocycles. The van der Waals surface area contributed by atoms with Crippen LogP contribution in [0.25, 0.3) is 0 Å². The summed E-state index contributed by atoms with van der Waals surface area (Å²) in [5, 5.41) is 0. The highest BCUT2D eigenvalue weighted by atomic mass is 16.5. The summed E-state index contributed by atoms with van der Waals surface area (Å²) in [5.41, 5.74) is 1.64. The van der Waals surface area contributed by atoms with Crippen molar-refractivity contribution in [3.8, 4) is 0 Å². The van der Waals surface area contributed by atoms with Crippen molar-refractivity contribution in [2.24, 2.45) is 5.92 Å². The Bertz CT molecular complexity index is 752. The molecule has 4 rings (SSSR count). The van der Waals surface area contributed by atoms with Crippen molar-refractivity contribution >= 4 is 11.9 Å². The van der Waals surface area contributed by atoms with Crippen molar-refractivity contribution in [3.63, 3.8) is 0 Å². The van der Waals surface area contributed by atoms with Gasteiger partial charge in [-0.3, -0.25) is 9.78 Å². The predicted octanol–water partition coefficient (Wildman–Crippen LogP) is 1.41. The van der Waals surface area contributed by atoms with Gasteiger partial charge in [-0.1, -0.05) is 6.92 Å². The van der Waals surface area contributed by atoms with Crippen molar-refractivity contribution in [1.82, 2.24) is 19.9 Å². The molecule has 2 aromatic heterocycles. The number of rotatable bonds is 3. The van der Waals surface area contributed by atoms with Crippen LogP contribution in [0.15, 0.2) is 36.8 Å². The van der Waals surface area contributed by atoms with E-state index in [4.69, 9.17) is 4.74 Å². The normalized spacial score (nSPS) is 22.8. The molecular weight excluding hydrogens is 330 g/mol. The van der Waals surface area contributed by atoms with Gasteiger partial charge < -0.3 is 14.5 Å². The van der Waals surface area contributed by atoms with Gasteiger partial charge in [0.15, 0.2) is 0 Å². The maximum absolute atomic E-state index is 12.8. The van der Waals surface area contributed by atoms with Crippen LogP contribution in [0.5, 0.6) is 0 Å². The van der Waals surface area contributed by atoms with Gasteiger partial charge in [0.2, 0.25) is 5.95 Å².